The minimum absolute atomic E-state index is 0.0756. The van der Waals surface area contributed by atoms with Crippen LogP contribution in [0.25, 0.3) is 11.5 Å². The molecule has 2 aromatic heterocycles. The fourth-order valence-electron chi connectivity index (χ4n) is 3.42. The molecule has 3 aromatic rings. The zero-order valence-corrected chi connectivity index (χ0v) is 15.5. The first-order chi connectivity index (χ1) is 13.2. The molecule has 1 fully saturated rings. The molecule has 4 rings (SSSR count). The number of benzene rings is 1. The summed E-state index contributed by atoms with van der Waals surface area (Å²) in [7, 11) is 0. The van der Waals surface area contributed by atoms with Crippen molar-refractivity contribution in [3.63, 3.8) is 0 Å². The van der Waals surface area contributed by atoms with Crippen LogP contribution in [0, 0.1) is 0 Å². The summed E-state index contributed by atoms with van der Waals surface area (Å²) in [6.45, 7) is 2.50. The monoisotopic (exact) mass is 385 g/mol. The molecule has 3 heterocycles. The Hall–Kier alpha value is -2.57. The van der Waals surface area contributed by atoms with Crippen LogP contribution in [0.4, 0.5) is 0 Å². The minimum atomic E-state index is -0.275. The van der Waals surface area contributed by atoms with E-state index in [2.05, 4.69) is 15.4 Å². The first-order valence-corrected chi connectivity index (χ1v) is 9.37. The van der Waals surface area contributed by atoms with Crippen LogP contribution < -0.4 is 5.32 Å². The second-order valence-electron chi connectivity index (χ2n) is 6.58. The lowest BCUT2D eigenvalue weighted by Gasteiger charge is -2.28. The van der Waals surface area contributed by atoms with Crippen molar-refractivity contribution in [2.75, 3.05) is 19.6 Å². The highest BCUT2D eigenvalue weighted by Crippen LogP contribution is 2.27. The maximum absolute atomic E-state index is 12.5. The molecule has 1 aromatic carbocycles. The molecule has 0 saturated carbocycles. The Bertz CT molecular complexity index is 901. The number of rotatable bonds is 6. The molecule has 0 radical (unpaired) electrons. The minimum Gasteiger partial charge on any atom is -0.461 e. The van der Waals surface area contributed by atoms with E-state index >= 15 is 0 Å². The number of carbonyl (C=O) groups is 1. The molecule has 1 saturated heterocycles. The van der Waals surface area contributed by atoms with Crippen LogP contribution in [-0.2, 0) is 0 Å². The number of furan rings is 1. The lowest BCUT2D eigenvalue weighted by atomic mass is 10.1. The van der Waals surface area contributed by atoms with Gasteiger partial charge in [0.1, 0.15) is 0 Å². The van der Waals surface area contributed by atoms with Gasteiger partial charge < -0.3 is 14.3 Å². The van der Waals surface area contributed by atoms with Crippen LogP contribution in [0.15, 0.2) is 57.7 Å². The molecule has 27 heavy (non-hydrogen) atoms. The fraction of sp³-hybridized carbons (Fsp3) is 0.300. The fourth-order valence-corrected chi connectivity index (χ4v) is 3.62. The largest absolute Gasteiger partial charge is 0.461 e. The van der Waals surface area contributed by atoms with Gasteiger partial charge in [0.05, 0.1) is 12.3 Å². The van der Waals surface area contributed by atoms with E-state index in [4.69, 9.17) is 20.5 Å². The number of nitrogens with zero attached hydrogens (tertiary/aromatic N) is 2. The summed E-state index contributed by atoms with van der Waals surface area (Å²) in [4.78, 5) is 14.9. The Labute approximate surface area is 162 Å². The van der Waals surface area contributed by atoms with Crippen molar-refractivity contribution in [1.29, 1.82) is 0 Å². The number of hydrogen-bond acceptors (Lipinski definition) is 5. The Balaban J connectivity index is 1.46. The van der Waals surface area contributed by atoms with Crippen molar-refractivity contribution in [2.24, 2.45) is 0 Å². The van der Waals surface area contributed by atoms with Crippen LogP contribution in [-0.4, -0.2) is 35.6 Å². The van der Waals surface area contributed by atoms with Gasteiger partial charge in [-0.05, 0) is 55.8 Å². The summed E-state index contributed by atoms with van der Waals surface area (Å²) in [5.74, 6) is 0.689. The van der Waals surface area contributed by atoms with E-state index in [-0.39, 0.29) is 17.6 Å². The summed E-state index contributed by atoms with van der Waals surface area (Å²) >= 11 is 6.17. The summed E-state index contributed by atoms with van der Waals surface area (Å²) in [6, 6.07) is 13.0. The number of halogens is 1. The number of aromatic nitrogens is 1. The normalized spacial score (nSPS) is 15.7. The number of likely N-dealkylation sites (tertiary alicyclic amines) is 1. The summed E-state index contributed by atoms with van der Waals surface area (Å²) < 4.78 is 10.5. The van der Waals surface area contributed by atoms with Gasteiger partial charge in [-0.3, -0.25) is 9.69 Å². The number of hydrogen-bond donors (Lipinski definition) is 1. The van der Waals surface area contributed by atoms with E-state index in [1.807, 2.05) is 24.3 Å². The molecule has 1 aliphatic rings. The van der Waals surface area contributed by atoms with Gasteiger partial charge in [0.15, 0.2) is 11.5 Å². The van der Waals surface area contributed by atoms with Crippen LogP contribution in [0.1, 0.15) is 34.9 Å². The van der Waals surface area contributed by atoms with Crippen LogP contribution >= 0.6 is 11.6 Å². The van der Waals surface area contributed by atoms with Gasteiger partial charge in [-0.25, -0.2) is 0 Å². The van der Waals surface area contributed by atoms with E-state index in [1.54, 1.807) is 24.5 Å². The molecule has 1 amide bonds. The molecule has 1 N–H and O–H groups in total. The predicted octanol–water partition coefficient (Wildman–Crippen LogP) is 4.15. The van der Waals surface area contributed by atoms with Crippen molar-refractivity contribution in [2.45, 2.75) is 18.9 Å². The van der Waals surface area contributed by atoms with Crippen molar-refractivity contribution >= 4 is 17.5 Å². The molecule has 1 unspecified atom stereocenters. The highest BCUT2D eigenvalue weighted by atomic mass is 35.5. The molecule has 7 heteroatoms. The second kappa shape index (κ2) is 7.98. The third-order valence-electron chi connectivity index (χ3n) is 4.78. The molecule has 140 valence electrons. The molecule has 1 aliphatic heterocycles. The summed E-state index contributed by atoms with van der Waals surface area (Å²) in [5, 5.41) is 7.53. The quantitative estimate of drug-likeness (QED) is 0.690. The predicted molar refractivity (Wildman–Crippen MR) is 102 cm³/mol. The van der Waals surface area contributed by atoms with Gasteiger partial charge >= 0.3 is 0 Å². The van der Waals surface area contributed by atoms with Gasteiger partial charge in [0.2, 0.25) is 5.76 Å². The first kappa shape index (κ1) is 17.8. The van der Waals surface area contributed by atoms with Crippen molar-refractivity contribution < 1.29 is 13.7 Å². The Morgan fingerprint density at radius 2 is 2.04 bits per heavy atom. The van der Waals surface area contributed by atoms with Gasteiger partial charge in [-0.15, -0.1) is 0 Å². The number of amides is 1. The van der Waals surface area contributed by atoms with Crippen LogP contribution in [0.3, 0.4) is 0 Å². The van der Waals surface area contributed by atoms with E-state index in [1.165, 1.54) is 12.8 Å². The molecule has 0 spiro atoms. The molecule has 1 atom stereocenters. The number of nitrogens with one attached hydrogen (secondary N) is 1. The molecule has 0 bridgehead atoms. The molecule has 6 nitrogen and oxygen atoms in total. The average Bonchev–Trinajstić information content (AvgIpc) is 3.42. The Morgan fingerprint density at radius 1 is 1.19 bits per heavy atom. The molecule has 0 aliphatic carbocycles. The van der Waals surface area contributed by atoms with E-state index in [0.717, 1.165) is 18.7 Å². The zero-order chi connectivity index (χ0) is 18.6. The maximum Gasteiger partial charge on any atom is 0.273 e. The van der Waals surface area contributed by atoms with E-state index in [0.29, 0.717) is 23.1 Å². The lowest BCUT2D eigenvalue weighted by molar-refractivity contribution is 0.0929. The average molecular weight is 386 g/mol. The zero-order valence-electron chi connectivity index (χ0n) is 14.7. The Kier molecular flexibility index (Phi) is 5.27. The van der Waals surface area contributed by atoms with Crippen molar-refractivity contribution in [1.82, 2.24) is 15.4 Å². The molecular formula is C20H20ClN3O3. The lowest BCUT2D eigenvalue weighted by Crippen LogP contribution is -2.36. The molecular weight excluding hydrogens is 366 g/mol. The summed E-state index contributed by atoms with van der Waals surface area (Å²) in [6.07, 6.45) is 3.88. The smallest absolute Gasteiger partial charge is 0.273 e. The Morgan fingerprint density at radius 3 is 2.78 bits per heavy atom. The van der Waals surface area contributed by atoms with Crippen LogP contribution in [0.5, 0.6) is 0 Å². The third-order valence-corrected chi connectivity index (χ3v) is 5.01. The van der Waals surface area contributed by atoms with Gasteiger partial charge in [-0.2, -0.15) is 0 Å². The second-order valence-corrected chi connectivity index (χ2v) is 7.01. The number of carbonyl (C=O) groups excluding carboxylic acids is 1. The maximum atomic E-state index is 12.5. The van der Waals surface area contributed by atoms with Crippen LogP contribution in [0.2, 0.25) is 5.02 Å². The van der Waals surface area contributed by atoms with Crippen molar-refractivity contribution in [3.8, 4) is 11.5 Å². The highest BCUT2D eigenvalue weighted by Gasteiger charge is 2.25. The standard InChI is InChI=1S/C20H20ClN3O3/c21-15-6-3-5-14(11-15)17(24-8-1-2-9-24)13-22-20(25)16-12-19(27-23-16)18-7-4-10-26-18/h3-7,10-12,17H,1-2,8-9,13H2,(H,22,25). The summed E-state index contributed by atoms with van der Waals surface area (Å²) in [5.41, 5.74) is 1.33. The van der Waals surface area contributed by atoms with Gasteiger partial charge in [0, 0.05) is 17.6 Å². The van der Waals surface area contributed by atoms with Crippen molar-refractivity contribution in [3.05, 3.63) is 65.0 Å². The third kappa shape index (κ3) is 4.07. The topological polar surface area (TPSA) is 71.5 Å². The van der Waals surface area contributed by atoms with Gasteiger partial charge in [-0.1, -0.05) is 28.9 Å². The van der Waals surface area contributed by atoms with E-state index < -0.39 is 0 Å². The van der Waals surface area contributed by atoms with E-state index in [9.17, 15) is 4.79 Å². The highest BCUT2D eigenvalue weighted by molar-refractivity contribution is 6.30. The SMILES string of the molecule is O=C(NCC(c1cccc(Cl)c1)N1CCCC1)c1cc(-c2ccco2)on1. The first-order valence-electron chi connectivity index (χ1n) is 8.99. The van der Waals surface area contributed by atoms with Gasteiger partial charge in [0.25, 0.3) is 5.91 Å².